The molecule has 1 atom stereocenters. The SMILES string of the molecule is CCNC(Cc1cc(C)nn1C)c1cnc(C)s1. The summed E-state index contributed by atoms with van der Waals surface area (Å²) >= 11 is 1.76. The molecule has 2 aromatic heterocycles. The van der Waals surface area contributed by atoms with Gasteiger partial charge >= 0.3 is 0 Å². The van der Waals surface area contributed by atoms with Crippen molar-refractivity contribution in [2.75, 3.05) is 6.54 Å². The van der Waals surface area contributed by atoms with Crippen LogP contribution in [0.15, 0.2) is 12.3 Å². The average Bonchev–Trinajstić information content (AvgIpc) is 2.85. The van der Waals surface area contributed by atoms with E-state index in [-0.39, 0.29) is 0 Å². The van der Waals surface area contributed by atoms with Crippen LogP contribution < -0.4 is 5.32 Å². The van der Waals surface area contributed by atoms with Crippen LogP contribution in [0.5, 0.6) is 0 Å². The minimum absolute atomic E-state index is 0.330. The normalized spacial score (nSPS) is 12.9. The van der Waals surface area contributed by atoms with Gasteiger partial charge in [-0.05, 0) is 26.5 Å². The molecule has 0 aromatic carbocycles. The van der Waals surface area contributed by atoms with Crippen molar-refractivity contribution >= 4 is 11.3 Å². The fourth-order valence-corrected chi connectivity index (χ4v) is 2.98. The number of nitrogens with zero attached hydrogens (tertiary/aromatic N) is 3. The molecule has 0 saturated heterocycles. The highest BCUT2D eigenvalue weighted by atomic mass is 32.1. The third-order valence-corrected chi connectivity index (χ3v) is 3.97. The largest absolute Gasteiger partial charge is 0.309 e. The van der Waals surface area contributed by atoms with Crippen molar-refractivity contribution in [1.82, 2.24) is 20.1 Å². The van der Waals surface area contributed by atoms with Gasteiger partial charge in [0.15, 0.2) is 0 Å². The molecule has 18 heavy (non-hydrogen) atoms. The Balaban J connectivity index is 2.18. The second-order valence-corrected chi connectivity index (χ2v) is 5.76. The van der Waals surface area contributed by atoms with Crippen molar-refractivity contribution in [1.29, 1.82) is 0 Å². The van der Waals surface area contributed by atoms with Gasteiger partial charge in [0.05, 0.1) is 10.7 Å². The van der Waals surface area contributed by atoms with Crippen LogP contribution in [0.1, 0.15) is 34.2 Å². The number of aromatic nitrogens is 3. The highest BCUT2D eigenvalue weighted by Gasteiger charge is 2.16. The van der Waals surface area contributed by atoms with Gasteiger partial charge in [-0.25, -0.2) is 4.98 Å². The first kappa shape index (κ1) is 13.2. The second kappa shape index (κ2) is 5.63. The summed E-state index contributed by atoms with van der Waals surface area (Å²) in [4.78, 5) is 5.64. The van der Waals surface area contributed by atoms with Crippen LogP contribution in [0.25, 0.3) is 0 Å². The lowest BCUT2D eigenvalue weighted by molar-refractivity contribution is 0.535. The van der Waals surface area contributed by atoms with Crippen LogP contribution in [0.4, 0.5) is 0 Å². The number of nitrogens with one attached hydrogen (secondary N) is 1. The van der Waals surface area contributed by atoms with E-state index in [4.69, 9.17) is 0 Å². The third kappa shape index (κ3) is 2.97. The third-order valence-electron chi connectivity index (χ3n) is 2.95. The highest BCUT2D eigenvalue weighted by molar-refractivity contribution is 7.11. The number of aryl methyl sites for hydroxylation is 3. The molecule has 2 heterocycles. The predicted molar refractivity (Wildman–Crippen MR) is 74.9 cm³/mol. The quantitative estimate of drug-likeness (QED) is 0.901. The molecule has 2 rings (SSSR count). The highest BCUT2D eigenvalue weighted by Crippen LogP contribution is 2.24. The van der Waals surface area contributed by atoms with Gasteiger partial charge in [-0.2, -0.15) is 5.10 Å². The van der Waals surface area contributed by atoms with Crippen LogP contribution >= 0.6 is 11.3 Å². The van der Waals surface area contributed by atoms with Crippen molar-refractivity contribution in [3.63, 3.8) is 0 Å². The van der Waals surface area contributed by atoms with Crippen molar-refractivity contribution in [2.24, 2.45) is 7.05 Å². The van der Waals surface area contributed by atoms with Crippen molar-refractivity contribution < 1.29 is 0 Å². The Hall–Kier alpha value is -1.20. The maximum atomic E-state index is 4.40. The summed E-state index contributed by atoms with van der Waals surface area (Å²) in [5.74, 6) is 0. The molecule has 5 heteroatoms. The Bertz CT molecular complexity index is 515. The molecule has 0 amide bonds. The van der Waals surface area contributed by atoms with Gasteiger partial charge in [-0.15, -0.1) is 11.3 Å². The molecule has 0 spiro atoms. The topological polar surface area (TPSA) is 42.7 Å². The molecule has 98 valence electrons. The van der Waals surface area contributed by atoms with E-state index in [1.54, 1.807) is 11.3 Å². The van der Waals surface area contributed by atoms with Crippen LogP contribution in [-0.2, 0) is 13.5 Å². The molecule has 0 radical (unpaired) electrons. The number of rotatable bonds is 5. The molecular weight excluding hydrogens is 244 g/mol. The van der Waals surface area contributed by atoms with E-state index >= 15 is 0 Å². The lowest BCUT2D eigenvalue weighted by atomic mass is 10.1. The maximum absolute atomic E-state index is 4.40. The van der Waals surface area contributed by atoms with E-state index in [1.807, 2.05) is 31.8 Å². The molecule has 0 bridgehead atoms. The Morgan fingerprint density at radius 3 is 2.72 bits per heavy atom. The fourth-order valence-electron chi connectivity index (χ4n) is 2.12. The van der Waals surface area contributed by atoms with Gasteiger partial charge in [0, 0.05) is 36.3 Å². The zero-order valence-corrected chi connectivity index (χ0v) is 12.2. The zero-order chi connectivity index (χ0) is 13.1. The summed E-state index contributed by atoms with van der Waals surface area (Å²) in [5.41, 5.74) is 2.33. The van der Waals surface area contributed by atoms with E-state index in [0.29, 0.717) is 6.04 Å². The molecule has 2 aromatic rings. The van der Waals surface area contributed by atoms with Crippen LogP contribution in [0.2, 0.25) is 0 Å². The van der Waals surface area contributed by atoms with E-state index < -0.39 is 0 Å². The van der Waals surface area contributed by atoms with Gasteiger partial charge < -0.3 is 5.32 Å². The summed E-state index contributed by atoms with van der Waals surface area (Å²) < 4.78 is 1.97. The summed E-state index contributed by atoms with van der Waals surface area (Å²) in [5, 5.41) is 9.05. The van der Waals surface area contributed by atoms with Gasteiger partial charge in [0.1, 0.15) is 0 Å². The number of likely N-dealkylation sites (N-methyl/N-ethyl adjacent to an activating group) is 1. The smallest absolute Gasteiger partial charge is 0.0897 e. The molecule has 4 nitrogen and oxygen atoms in total. The van der Waals surface area contributed by atoms with E-state index in [1.165, 1.54) is 10.6 Å². The lowest BCUT2D eigenvalue weighted by Gasteiger charge is -2.15. The van der Waals surface area contributed by atoms with Crippen molar-refractivity contribution in [3.8, 4) is 0 Å². The Labute approximate surface area is 112 Å². The number of thiazole rings is 1. The molecule has 0 saturated carbocycles. The first-order valence-electron chi connectivity index (χ1n) is 6.25. The Morgan fingerprint density at radius 2 is 2.22 bits per heavy atom. The van der Waals surface area contributed by atoms with Crippen LogP contribution in [0, 0.1) is 13.8 Å². The second-order valence-electron chi connectivity index (χ2n) is 4.50. The monoisotopic (exact) mass is 264 g/mol. The van der Waals surface area contributed by atoms with Crippen LogP contribution in [-0.4, -0.2) is 21.3 Å². The molecule has 0 aliphatic carbocycles. The molecule has 1 N–H and O–H groups in total. The summed E-state index contributed by atoms with van der Waals surface area (Å²) in [6.07, 6.45) is 2.93. The Kier molecular flexibility index (Phi) is 4.14. The molecule has 1 unspecified atom stereocenters. The standard InChI is InChI=1S/C13H20N4S/c1-5-14-12(13-8-15-10(3)18-13)7-11-6-9(2)16-17(11)4/h6,8,12,14H,5,7H2,1-4H3. The van der Waals surface area contributed by atoms with Crippen molar-refractivity contribution in [2.45, 2.75) is 33.2 Å². The van der Waals surface area contributed by atoms with Gasteiger partial charge in [-0.3, -0.25) is 4.68 Å². The average molecular weight is 264 g/mol. The maximum Gasteiger partial charge on any atom is 0.0897 e. The first-order valence-corrected chi connectivity index (χ1v) is 7.07. The van der Waals surface area contributed by atoms with E-state index in [9.17, 15) is 0 Å². The Morgan fingerprint density at radius 1 is 1.44 bits per heavy atom. The molecule has 0 aliphatic heterocycles. The fraction of sp³-hybridized carbons (Fsp3) is 0.538. The molecule has 0 fully saturated rings. The van der Waals surface area contributed by atoms with E-state index in [0.717, 1.165) is 23.7 Å². The van der Waals surface area contributed by atoms with Crippen LogP contribution in [0.3, 0.4) is 0 Å². The minimum atomic E-state index is 0.330. The van der Waals surface area contributed by atoms with Crippen molar-refractivity contribution in [3.05, 3.63) is 33.5 Å². The van der Waals surface area contributed by atoms with E-state index in [2.05, 4.69) is 28.4 Å². The summed E-state index contributed by atoms with van der Waals surface area (Å²) in [6, 6.07) is 2.48. The summed E-state index contributed by atoms with van der Waals surface area (Å²) in [6.45, 7) is 7.17. The first-order chi connectivity index (χ1) is 8.60. The van der Waals surface area contributed by atoms with Gasteiger partial charge in [0.25, 0.3) is 0 Å². The molecule has 0 aliphatic rings. The predicted octanol–water partition coefficient (Wildman–Crippen LogP) is 2.39. The van der Waals surface area contributed by atoms with Gasteiger partial charge in [0.2, 0.25) is 0 Å². The number of hydrogen-bond donors (Lipinski definition) is 1. The summed E-state index contributed by atoms with van der Waals surface area (Å²) in [7, 11) is 2.00. The van der Waals surface area contributed by atoms with Gasteiger partial charge in [-0.1, -0.05) is 6.92 Å². The lowest BCUT2D eigenvalue weighted by Crippen LogP contribution is -2.23. The molecular formula is C13H20N4S. The number of hydrogen-bond acceptors (Lipinski definition) is 4. The zero-order valence-electron chi connectivity index (χ0n) is 11.4. The minimum Gasteiger partial charge on any atom is -0.309 e.